The highest BCUT2D eigenvalue weighted by molar-refractivity contribution is 5.68. The smallest absolute Gasteiger partial charge is 0.303 e. The molecule has 0 N–H and O–H groups in total. The van der Waals surface area contributed by atoms with E-state index in [2.05, 4.69) is 0 Å². The van der Waals surface area contributed by atoms with E-state index in [1.54, 1.807) is 0 Å². The molecule has 0 aromatic carbocycles. The molecular formula is C14H20O8. The fourth-order valence-electron chi connectivity index (χ4n) is 2.41. The molecule has 124 valence electrons. The van der Waals surface area contributed by atoms with Crippen molar-refractivity contribution in [3.8, 4) is 0 Å². The molecule has 4 atom stereocenters. The van der Waals surface area contributed by atoms with Crippen LogP contribution >= 0.6 is 0 Å². The van der Waals surface area contributed by atoms with Crippen molar-refractivity contribution in [2.24, 2.45) is 0 Å². The second kappa shape index (κ2) is 7.77. The molecule has 1 aliphatic rings. The minimum atomic E-state index is -0.766. The molecule has 0 aliphatic heterocycles. The number of carbonyl (C=O) groups excluding carboxylic acids is 4. The van der Waals surface area contributed by atoms with E-state index < -0.39 is 48.3 Å². The Labute approximate surface area is 128 Å². The van der Waals surface area contributed by atoms with E-state index in [4.69, 9.17) is 18.9 Å². The maximum atomic E-state index is 11.2. The van der Waals surface area contributed by atoms with Gasteiger partial charge in [0.1, 0.15) is 24.4 Å². The number of hydrogen-bond donors (Lipinski definition) is 0. The van der Waals surface area contributed by atoms with Crippen LogP contribution in [-0.2, 0) is 38.1 Å². The summed E-state index contributed by atoms with van der Waals surface area (Å²) in [6.07, 6.45) is -2.91. The van der Waals surface area contributed by atoms with Crippen LogP contribution in [0.15, 0.2) is 0 Å². The lowest BCUT2D eigenvalue weighted by molar-refractivity contribution is -0.196. The zero-order valence-corrected chi connectivity index (χ0v) is 13.0. The lowest BCUT2D eigenvalue weighted by atomic mass is 9.89. The third kappa shape index (κ3) is 5.71. The van der Waals surface area contributed by atoms with Crippen LogP contribution in [0.5, 0.6) is 0 Å². The standard InChI is InChI=1S/C14H20O8/c1-7(15)19-11-5-13(21-9(3)17)14(22-10(4)18)6-12(11)20-8(2)16/h11-14H,5-6H2,1-4H3/t11-,12-,13-,14+/m0/s1. The maximum absolute atomic E-state index is 11.2. The third-order valence-electron chi connectivity index (χ3n) is 3.03. The molecule has 1 saturated carbocycles. The van der Waals surface area contributed by atoms with Gasteiger partial charge in [-0.15, -0.1) is 0 Å². The highest BCUT2D eigenvalue weighted by atomic mass is 16.6. The zero-order valence-electron chi connectivity index (χ0n) is 13.0. The number of hydrogen-bond acceptors (Lipinski definition) is 8. The van der Waals surface area contributed by atoms with E-state index in [9.17, 15) is 19.2 Å². The van der Waals surface area contributed by atoms with Gasteiger partial charge in [0, 0.05) is 40.5 Å². The van der Waals surface area contributed by atoms with Crippen molar-refractivity contribution in [2.75, 3.05) is 0 Å². The topological polar surface area (TPSA) is 105 Å². The van der Waals surface area contributed by atoms with E-state index in [-0.39, 0.29) is 12.8 Å². The molecule has 0 amide bonds. The second-order valence-electron chi connectivity index (χ2n) is 5.06. The monoisotopic (exact) mass is 316 g/mol. The molecule has 22 heavy (non-hydrogen) atoms. The first-order valence-corrected chi connectivity index (χ1v) is 6.88. The van der Waals surface area contributed by atoms with Crippen LogP contribution in [0.1, 0.15) is 40.5 Å². The Kier molecular flexibility index (Phi) is 6.33. The summed E-state index contributed by atoms with van der Waals surface area (Å²) in [5.41, 5.74) is 0. The van der Waals surface area contributed by atoms with Crippen LogP contribution in [0.2, 0.25) is 0 Å². The van der Waals surface area contributed by atoms with Crippen molar-refractivity contribution in [3.05, 3.63) is 0 Å². The van der Waals surface area contributed by atoms with Gasteiger partial charge in [0.15, 0.2) is 0 Å². The molecule has 0 saturated heterocycles. The summed E-state index contributed by atoms with van der Waals surface area (Å²) >= 11 is 0. The zero-order chi connectivity index (χ0) is 16.9. The SMILES string of the molecule is CC(=O)O[C@H]1C[C@H](OC(C)=O)[C@H](OC(C)=O)C[C@@H]1OC(C)=O. The highest BCUT2D eigenvalue weighted by Gasteiger charge is 2.44. The number of esters is 4. The van der Waals surface area contributed by atoms with Crippen LogP contribution in [0.4, 0.5) is 0 Å². The van der Waals surface area contributed by atoms with Crippen molar-refractivity contribution in [2.45, 2.75) is 65.0 Å². The molecule has 1 aliphatic carbocycles. The summed E-state index contributed by atoms with van der Waals surface area (Å²) in [6, 6.07) is 0. The predicted molar refractivity (Wildman–Crippen MR) is 71.5 cm³/mol. The third-order valence-corrected chi connectivity index (χ3v) is 3.03. The summed E-state index contributed by atoms with van der Waals surface area (Å²) in [6.45, 7) is 4.90. The van der Waals surface area contributed by atoms with Crippen LogP contribution in [0.25, 0.3) is 0 Å². The van der Waals surface area contributed by atoms with Crippen LogP contribution in [-0.4, -0.2) is 48.3 Å². The molecule has 0 bridgehead atoms. The Morgan fingerprint density at radius 1 is 0.545 bits per heavy atom. The summed E-state index contributed by atoms with van der Waals surface area (Å²) in [5.74, 6) is -2.19. The van der Waals surface area contributed by atoms with Crippen molar-refractivity contribution < 1.29 is 38.1 Å². The van der Waals surface area contributed by atoms with Crippen LogP contribution < -0.4 is 0 Å². The van der Waals surface area contributed by atoms with Crippen molar-refractivity contribution >= 4 is 23.9 Å². The fourth-order valence-corrected chi connectivity index (χ4v) is 2.41. The Morgan fingerprint density at radius 3 is 0.864 bits per heavy atom. The Hall–Kier alpha value is -2.12. The number of rotatable bonds is 4. The largest absolute Gasteiger partial charge is 0.458 e. The lowest BCUT2D eigenvalue weighted by Crippen LogP contribution is -2.51. The minimum Gasteiger partial charge on any atom is -0.458 e. The number of ether oxygens (including phenoxy) is 4. The Morgan fingerprint density at radius 2 is 0.727 bits per heavy atom. The predicted octanol–water partition coefficient (Wildman–Crippen LogP) is 0.507. The summed E-state index contributed by atoms with van der Waals surface area (Å²) < 4.78 is 20.5. The Bertz CT molecular complexity index is 376. The van der Waals surface area contributed by atoms with Gasteiger partial charge in [-0.05, 0) is 0 Å². The molecule has 8 heteroatoms. The van der Waals surface area contributed by atoms with Gasteiger partial charge in [0.25, 0.3) is 0 Å². The average Bonchev–Trinajstić information content (AvgIpc) is 2.31. The quantitative estimate of drug-likeness (QED) is 0.545. The molecule has 1 rings (SSSR count). The van der Waals surface area contributed by atoms with E-state index in [0.717, 1.165) is 0 Å². The fraction of sp³-hybridized carbons (Fsp3) is 0.714. The molecule has 0 radical (unpaired) electrons. The molecular weight excluding hydrogens is 296 g/mol. The van der Waals surface area contributed by atoms with Crippen molar-refractivity contribution in [3.63, 3.8) is 0 Å². The molecule has 0 aromatic heterocycles. The van der Waals surface area contributed by atoms with E-state index in [1.165, 1.54) is 27.7 Å². The first-order valence-electron chi connectivity index (χ1n) is 6.88. The molecule has 0 spiro atoms. The average molecular weight is 316 g/mol. The second-order valence-corrected chi connectivity index (χ2v) is 5.06. The van der Waals surface area contributed by atoms with E-state index in [1.807, 2.05) is 0 Å². The summed E-state index contributed by atoms with van der Waals surface area (Å²) in [7, 11) is 0. The Balaban J connectivity index is 2.92. The maximum Gasteiger partial charge on any atom is 0.303 e. The molecule has 0 heterocycles. The van der Waals surface area contributed by atoms with Gasteiger partial charge < -0.3 is 18.9 Å². The van der Waals surface area contributed by atoms with E-state index in [0.29, 0.717) is 0 Å². The lowest BCUT2D eigenvalue weighted by Gasteiger charge is -2.38. The molecule has 1 fully saturated rings. The van der Waals surface area contributed by atoms with Gasteiger partial charge in [-0.3, -0.25) is 19.2 Å². The van der Waals surface area contributed by atoms with E-state index >= 15 is 0 Å². The van der Waals surface area contributed by atoms with Gasteiger partial charge in [-0.1, -0.05) is 0 Å². The molecule has 0 unspecified atom stereocenters. The normalized spacial score (nSPS) is 27.5. The van der Waals surface area contributed by atoms with Gasteiger partial charge in [-0.2, -0.15) is 0 Å². The highest BCUT2D eigenvalue weighted by Crippen LogP contribution is 2.29. The molecule has 8 nitrogen and oxygen atoms in total. The first kappa shape index (κ1) is 17.9. The molecule has 0 aromatic rings. The van der Waals surface area contributed by atoms with Crippen molar-refractivity contribution in [1.82, 2.24) is 0 Å². The minimum absolute atomic E-state index is 0.0784. The van der Waals surface area contributed by atoms with Crippen LogP contribution in [0, 0.1) is 0 Å². The number of carbonyl (C=O) groups is 4. The first-order chi connectivity index (χ1) is 10.2. The summed E-state index contributed by atoms with van der Waals surface area (Å²) in [5, 5.41) is 0. The summed E-state index contributed by atoms with van der Waals surface area (Å²) in [4.78, 5) is 44.7. The van der Waals surface area contributed by atoms with Crippen LogP contribution in [0.3, 0.4) is 0 Å². The van der Waals surface area contributed by atoms with Gasteiger partial charge in [-0.25, -0.2) is 0 Å². The van der Waals surface area contributed by atoms with Gasteiger partial charge in [0.2, 0.25) is 0 Å². The van der Waals surface area contributed by atoms with Crippen molar-refractivity contribution in [1.29, 1.82) is 0 Å². The van der Waals surface area contributed by atoms with Gasteiger partial charge >= 0.3 is 23.9 Å². The van der Waals surface area contributed by atoms with Gasteiger partial charge in [0.05, 0.1) is 0 Å².